The molecule has 0 saturated heterocycles. The molecule has 3 N–H and O–H groups in total. The highest BCUT2D eigenvalue weighted by Crippen LogP contribution is 2.47. The fraction of sp³-hybridized carbons (Fsp3) is 0.333. The SMILES string of the molecule is CC1=C(c2nnc(SCCO)o2)C(c2ccccc2)C(c2nnc(SCCO)o2)=C(C)N1. The quantitative estimate of drug-likeness (QED) is 0.396. The molecule has 0 fully saturated rings. The van der Waals surface area contributed by atoms with Crippen molar-refractivity contribution < 1.29 is 19.0 Å². The van der Waals surface area contributed by atoms with E-state index < -0.39 is 0 Å². The Morgan fingerprint density at radius 1 is 0.812 bits per heavy atom. The van der Waals surface area contributed by atoms with Gasteiger partial charge in [-0.15, -0.1) is 20.4 Å². The van der Waals surface area contributed by atoms with Gasteiger partial charge in [-0.2, -0.15) is 0 Å². The topological polar surface area (TPSA) is 130 Å². The van der Waals surface area contributed by atoms with Crippen molar-refractivity contribution >= 4 is 34.7 Å². The molecule has 1 aliphatic heterocycles. The minimum Gasteiger partial charge on any atom is -0.411 e. The second-order valence-corrected chi connectivity index (χ2v) is 9.03. The summed E-state index contributed by atoms with van der Waals surface area (Å²) in [7, 11) is 0. The van der Waals surface area contributed by atoms with E-state index in [2.05, 4.69) is 25.7 Å². The van der Waals surface area contributed by atoms with Crippen LogP contribution in [0.15, 0.2) is 61.0 Å². The van der Waals surface area contributed by atoms with Gasteiger partial charge in [-0.25, -0.2) is 0 Å². The predicted octanol–water partition coefficient (Wildman–Crippen LogP) is 3.17. The summed E-state index contributed by atoms with van der Waals surface area (Å²) in [4.78, 5) is 0. The number of hydrogen-bond donors (Lipinski definition) is 3. The molecule has 0 radical (unpaired) electrons. The first-order chi connectivity index (χ1) is 15.6. The molecule has 1 aromatic carbocycles. The van der Waals surface area contributed by atoms with Crippen LogP contribution < -0.4 is 5.32 Å². The Bertz CT molecular complexity index is 1060. The molecule has 32 heavy (non-hydrogen) atoms. The van der Waals surface area contributed by atoms with Crippen molar-refractivity contribution in [2.24, 2.45) is 0 Å². The molecule has 4 rings (SSSR count). The number of hydrogen-bond acceptors (Lipinski definition) is 11. The first-order valence-corrected chi connectivity index (χ1v) is 12.0. The van der Waals surface area contributed by atoms with E-state index in [0.717, 1.165) is 28.1 Å². The largest absolute Gasteiger partial charge is 0.411 e. The molecule has 9 nitrogen and oxygen atoms in total. The molecule has 0 spiro atoms. The Kier molecular flexibility index (Phi) is 7.30. The van der Waals surface area contributed by atoms with E-state index >= 15 is 0 Å². The number of allylic oxidation sites excluding steroid dienone is 4. The van der Waals surface area contributed by atoms with E-state index in [1.807, 2.05) is 44.2 Å². The minimum atomic E-state index is -0.273. The van der Waals surface area contributed by atoms with Crippen LogP contribution in [0.2, 0.25) is 0 Å². The summed E-state index contributed by atoms with van der Waals surface area (Å²) in [6.45, 7) is 3.98. The van der Waals surface area contributed by atoms with E-state index in [9.17, 15) is 0 Å². The number of aromatic nitrogens is 4. The van der Waals surface area contributed by atoms with Crippen LogP contribution in [0.5, 0.6) is 0 Å². The van der Waals surface area contributed by atoms with Gasteiger partial charge >= 0.3 is 0 Å². The van der Waals surface area contributed by atoms with Crippen molar-refractivity contribution in [3.8, 4) is 0 Å². The Balaban J connectivity index is 1.78. The van der Waals surface area contributed by atoms with Crippen molar-refractivity contribution in [3.63, 3.8) is 0 Å². The van der Waals surface area contributed by atoms with Gasteiger partial charge in [0.2, 0.25) is 11.8 Å². The number of dihydropyridines is 1. The van der Waals surface area contributed by atoms with Gasteiger partial charge in [-0.1, -0.05) is 53.9 Å². The van der Waals surface area contributed by atoms with Gasteiger partial charge in [0.15, 0.2) is 0 Å². The third-order valence-electron chi connectivity index (χ3n) is 4.80. The Labute approximate surface area is 193 Å². The molecule has 0 aliphatic carbocycles. The lowest BCUT2D eigenvalue weighted by Gasteiger charge is -2.29. The van der Waals surface area contributed by atoms with E-state index in [4.69, 9.17) is 19.0 Å². The van der Waals surface area contributed by atoms with Crippen molar-refractivity contribution in [1.82, 2.24) is 25.7 Å². The number of aliphatic hydroxyl groups excluding tert-OH is 2. The molecule has 2 aromatic heterocycles. The molecule has 3 aromatic rings. The van der Waals surface area contributed by atoms with Gasteiger partial charge in [0.1, 0.15) is 0 Å². The third kappa shape index (κ3) is 4.75. The second kappa shape index (κ2) is 10.3. The number of nitrogens with one attached hydrogen (secondary N) is 1. The van der Waals surface area contributed by atoms with Crippen LogP contribution >= 0.6 is 23.5 Å². The van der Waals surface area contributed by atoms with Gasteiger partial charge < -0.3 is 24.4 Å². The van der Waals surface area contributed by atoms with E-state index in [0.29, 0.717) is 33.7 Å². The normalized spacial score (nSPS) is 14.9. The number of aliphatic hydroxyl groups is 2. The van der Waals surface area contributed by atoms with Crippen LogP contribution in [0.1, 0.15) is 37.1 Å². The fourth-order valence-electron chi connectivity index (χ4n) is 3.56. The summed E-state index contributed by atoms with van der Waals surface area (Å²) >= 11 is 2.61. The summed E-state index contributed by atoms with van der Waals surface area (Å²) in [6, 6.07) is 9.98. The van der Waals surface area contributed by atoms with E-state index in [-0.39, 0.29) is 19.1 Å². The summed E-state index contributed by atoms with van der Waals surface area (Å²) in [6.07, 6.45) is 0. The number of rotatable bonds is 9. The molecule has 0 atom stereocenters. The van der Waals surface area contributed by atoms with E-state index in [1.165, 1.54) is 23.5 Å². The van der Waals surface area contributed by atoms with Gasteiger partial charge in [-0.3, -0.25) is 0 Å². The molecule has 3 heterocycles. The highest BCUT2D eigenvalue weighted by molar-refractivity contribution is 7.99. The number of thioether (sulfide) groups is 2. The molecular formula is C21H23N5O4S2. The Morgan fingerprint density at radius 2 is 1.31 bits per heavy atom. The zero-order valence-electron chi connectivity index (χ0n) is 17.6. The fourth-order valence-corrected chi connectivity index (χ4v) is 4.56. The van der Waals surface area contributed by atoms with Crippen molar-refractivity contribution in [2.45, 2.75) is 30.2 Å². The third-order valence-corrected chi connectivity index (χ3v) is 6.40. The standard InChI is InChI=1S/C21H23N5O4S2/c1-12-15(18-23-25-20(29-18)31-10-8-27)17(14-6-4-3-5-7-14)16(13(2)22-12)19-24-26-21(30-19)32-11-9-28/h3-7,17,22,27-28H,8-11H2,1-2H3. The molecule has 0 amide bonds. The molecule has 1 aliphatic rings. The van der Waals surface area contributed by atoms with Crippen molar-refractivity contribution in [1.29, 1.82) is 0 Å². The van der Waals surface area contributed by atoms with Crippen LogP contribution in [0.4, 0.5) is 0 Å². The highest BCUT2D eigenvalue weighted by atomic mass is 32.2. The first-order valence-electron chi connectivity index (χ1n) is 10.0. The lowest BCUT2D eigenvalue weighted by atomic mass is 9.80. The first kappa shape index (κ1) is 22.6. The highest BCUT2D eigenvalue weighted by Gasteiger charge is 2.36. The van der Waals surface area contributed by atoms with Crippen LogP contribution in [0.3, 0.4) is 0 Å². The summed E-state index contributed by atoms with van der Waals surface area (Å²) in [5.41, 5.74) is 4.43. The molecule has 0 bridgehead atoms. The van der Waals surface area contributed by atoms with Gasteiger partial charge in [0.05, 0.1) is 13.2 Å². The minimum absolute atomic E-state index is 0.0260. The van der Waals surface area contributed by atoms with Gasteiger partial charge in [0, 0.05) is 40.0 Å². The van der Waals surface area contributed by atoms with Crippen molar-refractivity contribution in [2.75, 3.05) is 24.7 Å². The van der Waals surface area contributed by atoms with Gasteiger partial charge in [-0.05, 0) is 19.4 Å². The van der Waals surface area contributed by atoms with E-state index in [1.54, 1.807) is 0 Å². The molecule has 0 saturated carbocycles. The number of benzene rings is 1. The average Bonchev–Trinajstić information content (AvgIpc) is 3.46. The smallest absolute Gasteiger partial charge is 0.276 e. The predicted molar refractivity (Wildman–Crippen MR) is 122 cm³/mol. The summed E-state index contributed by atoms with van der Waals surface area (Å²) < 4.78 is 11.9. The Hall–Kier alpha value is -2.60. The summed E-state index contributed by atoms with van der Waals surface area (Å²) in [5, 5.41) is 39.2. The van der Waals surface area contributed by atoms with Crippen LogP contribution in [0, 0.1) is 0 Å². The maximum absolute atomic E-state index is 9.09. The van der Waals surface area contributed by atoms with Crippen molar-refractivity contribution in [3.05, 3.63) is 59.1 Å². The van der Waals surface area contributed by atoms with Crippen LogP contribution in [0.25, 0.3) is 11.1 Å². The molecular weight excluding hydrogens is 450 g/mol. The maximum atomic E-state index is 9.09. The number of nitrogens with zero attached hydrogens (tertiary/aromatic N) is 4. The molecule has 11 heteroatoms. The lowest BCUT2D eigenvalue weighted by molar-refractivity contribution is 0.321. The maximum Gasteiger partial charge on any atom is 0.276 e. The monoisotopic (exact) mass is 473 g/mol. The van der Waals surface area contributed by atoms with Gasteiger partial charge in [0.25, 0.3) is 10.4 Å². The van der Waals surface area contributed by atoms with Crippen LogP contribution in [-0.4, -0.2) is 55.3 Å². The second-order valence-electron chi connectivity index (χ2n) is 6.94. The zero-order chi connectivity index (χ0) is 22.5. The van der Waals surface area contributed by atoms with Crippen LogP contribution in [-0.2, 0) is 0 Å². The molecule has 0 unspecified atom stereocenters. The lowest BCUT2D eigenvalue weighted by Crippen LogP contribution is -2.23. The molecule has 168 valence electrons. The zero-order valence-corrected chi connectivity index (χ0v) is 19.2. The Morgan fingerprint density at radius 3 is 1.78 bits per heavy atom. The average molecular weight is 474 g/mol. The summed E-state index contributed by atoms with van der Waals surface area (Å²) in [5.74, 6) is 1.46.